The van der Waals surface area contributed by atoms with Gasteiger partial charge in [0, 0.05) is 12.0 Å². The van der Waals surface area contributed by atoms with Gasteiger partial charge in [0.2, 0.25) is 0 Å². The summed E-state index contributed by atoms with van der Waals surface area (Å²) < 4.78 is 0. The van der Waals surface area contributed by atoms with E-state index < -0.39 is 5.60 Å². The van der Waals surface area contributed by atoms with Crippen molar-refractivity contribution in [2.75, 3.05) is 6.54 Å². The number of nitrogens with two attached hydrogens (primary N) is 1. The van der Waals surface area contributed by atoms with Crippen LogP contribution >= 0.6 is 0 Å². The van der Waals surface area contributed by atoms with Crippen LogP contribution in [0.1, 0.15) is 40.0 Å². The minimum absolute atomic E-state index is 0.0150. The van der Waals surface area contributed by atoms with Gasteiger partial charge in [-0.15, -0.1) is 0 Å². The van der Waals surface area contributed by atoms with E-state index in [1.807, 2.05) is 6.92 Å². The molecule has 2 bridgehead atoms. The Kier molecular flexibility index (Phi) is 1.67. The summed E-state index contributed by atoms with van der Waals surface area (Å²) in [6.07, 6.45) is 3.49. The summed E-state index contributed by atoms with van der Waals surface area (Å²) in [6.45, 7) is 7.00. The Balaban J connectivity index is 2.44. The number of aliphatic hydroxyl groups is 1. The molecule has 2 fully saturated rings. The predicted molar refractivity (Wildman–Crippen MR) is 53.2 cm³/mol. The summed E-state index contributed by atoms with van der Waals surface area (Å²) in [5.74, 6) is 0.672. The molecule has 76 valence electrons. The van der Waals surface area contributed by atoms with Crippen LogP contribution in [0.5, 0.6) is 0 Å². The van der Waals surface area contributed by atoms with Crippen molar-refractivity contribution in [2.24, 2.45) is 22.5 Å². The summed E-state index contributed by atoms with van der Waals surface area (Å²) in [7, 11) is 0. The van der Waals surface area contributed by atoms with Crippen LogP contribution in [0.25, 0.3) is 0 Å². The number of hydrogen-bond donors (Lipinski definition) is 2. The van der Waals surface area contributed by atoms with Gasteiger partial charge in [-0.2, -0.15) is 0 Å². The van der Waals surface area contributed by atoms with Crippen molar-refractivity contribution in [1.29, 1.82) is 0 Å². The zero-order valence-corrected chi connectivity index (χ0v) is 8.93. The Hall–Kier alpha value is -0.0800. The maximum atomic E-state index is 10.6. The van der Waals surface area contributed by atoms with Crippen LogP contribution in [0.3, 0.4) is 0 Å². The molecule has 3 N–H and O–H groups in total. The van der Waals surface area contributed by atoms with Crippen LogP contribution in [0.4, 0.5) is 0 Å². The molecular formula is C11H21NO. The van der Waals surface area contributed by atoms with Crippen molar-refractivity contribution < 1.29 is 5.11 Å². The van der Waals surface area contributed by atoms with Crippen LogP contribution in [-0.4, -0.2) is 17.3 Å². The van der Waals surface area contributed by atoms with E-state index in [9.17, 15) is 5.11 Å². The van der Waals surface area contributed by atoms with E-state index in [2.05, 4.69) is 13.8 Å². The van der Waals surface area contributed by atoms with Crippen LogP contribution < -0.4 is 5.73 Å². The zero-order chi connectivity index (χ0) is 9.91. The molecule has 0 radical (unpaired) electrons. The van der Waals surface area contributed by atoms with Gasteiger partial charge >= 0.3 is 0 Å². The van der Waals surface area contributed by atoms with E-state index in [1.165, 1.54) is 6.42 Å². The first kappa shape index (κ1) is 9.47. The van der Waals surface area contributed by atoms with Crippen molar-refractivity contribution in [3.8, 4) is 0 Å². The zero-order valence-electron chi connectivity index (χ0n) is 8.93. The van der Waals surface area contributed by atoms with Gasteiger partial charge in [-0.05, 0) is 37.5 Å². The standard InChI is InChI=1S/C11H21NO/c1-9(2)8-4-5-11(6-8,7-12)10(9,3)13/h8,13H,4-7,12H2,1-3H3. The highest BCUT2D eigenvalue weighted by atomic mass is 16.3. The largest absolute Gasteiger partial charge is 0.389 e. The first-order valence-corrected chi connectivity index (χ1v) is 5.30. The van der Waals surface area contributed by atoms with Crippen molar-refractivity contribution in [3.63, 3.8) is 0 Å². The third kappa shape index (κ3) is 0.816. The minimum Gasteiger partial charge on any atom is -0.389 e. The van der Waals surface area contributed by atoms with Gasteiger partial charge in [0.1, 0.15) is 0 Å². The van der Waals surface area contributed by atoms with Gasteiger partial charge in [-0.1, -0.05) is 13.8 Å². The quantitative estimate of drug-likeness (QED) is 0.647. The summed E-state index contributed by atoms with van der Waals surface area (Å²) >= 11 is 0. The summed E-state index contributed by atoms with van der Waals surface area (Å²) in [6, 6.07) is 0. The third-order valence-corrected chi connectivity index (χ3v) is 5.31. The lowest BCUT2D eigenvalue weighted by Gasteiger charge is -2.49. The molecule has 0 aliphatic heterocycles. The smallest absolute Gasteiger partial charge is 0.0741 e. The molecule has 13 heavy (non-hydrogen) atoms. The predicted octanol–water partition coefficient (Wildman–Crippen LogP) is 1.52. The SMILES string of the molecule is CC1(C)C2CCC(CN)(C2)C1(C)O. The molecule has 0 aromatic rings. The molecule has 3 unspecified atom stereocenters. The van der Waals surface area contributed by atoms with Crippen LogP contribution in [0, 0.1) is 16.7 Å². The minimum atomic E-state index is -0.572. The molecule has 2 aliphatic rings. The molecule has 0 heterocycles. The first-order valence-electron chi connectivity index (χ1n) is 5.30. The Labute approximate surface area is 80.5 Å². The van der Waals surface area contributed by atoms with Crippen molar-refractivity contribution >= 4 is 0 Å². The molecule has 2 saturated carbocycles. The normalized spacial score (nSPS) is 52.8. The maximum absolute atomic E-state index is 10.6. The maximum Gasteiger partial charge on any atom is 0.0741 e. The van der Waals surface area contributed by atoms with Crippen LogP contribution in [0.2, 0.25) is 0 Å². The molecule has 2 heteroatoms. The van der Waals surface area contributed by atoms with Gasteiger partial charge in [-0.3, -0.25) is 0 Å². The van der Waals surface area contributed by atoms with Crippen LogP contribution in [-0.2, 0) is 0 Å². The van der Waals surface area contributed by atoms with Crippen molar-refractivity contribution in [1.82, 2.24) is 0 Å². The van der Waals surface area contributed by atoms with E-state index >= 15 is 0 Å². The summed E-state index contributed by atoms with van der Waals surface area (Å²) in [5, 5.41) is 10.6. The molecule has 3 atom stereocenters. The monoisotopic (exact) mass is 183 g/mol. The lowest BCUT2D eigenvalue weighted by atomic mass is 9.61. The Morgan fingerprint density at radius 1 is 1.38 bits per heavy atom. The lowest BCUT2D eigenvalue weighted by Crippen LogP contribution is -2.55. The summed E-state index contributed by atoms with van der Waals surface area (Å²) in [4.78, 5) is 0. The van der Waals surface area contributed by atoms with E-state index in [-0.39, 0.29) is 10.8 Å². The molecule has 0 spiro atoms. The lowest BCUT2D eigenvalue weighted by molar-refractivity contribution is -0.131. The molecule has 0 aromatic heterocycles. The average Bonchev–Trinajstić information content (AvgIpc) is 2.52. The first-order chi connectivity index (χ1) is 5.87. The Morgan fingerprint density at radius 2 is 2.00 bits per heavy atom. The average molecular weight is 183 g/mol. The second-order valence-corrected chi connectivity index (χ2v) is 5.72. The van der Waals surface area contributed by atoms with Gasteiger partial charge in [0.05, 0.1) is 5.60 Å². The molecule has 0 aromatic carbocycles. The highest BCUT2D eigenvalue weighted by molar-refractivity contribution is 5.17. The van der Waals surface area contributed by atoms with Gasteiger partial charge in [-0.25, -0.2) is 0 Å². The van der Waals surface area contributed by atoms with E-state index in [1.54, 1.807) is 0 Å². The van der Waals surface area contributed by atoms with E-state index in [0.717, 1.165) is 12.8 Å². The topological polar surface area (TPSA) is 46.2 Å². The van der Waals surface area contributed by atoms with Crippen LogP contribution in [0.15, 0.2) is 0 Å². The van der Waals surface area contributed by atoms with Crippen molar-refractivity contribution in [2.45, 2.75) is 45.6 Å². The molecular weight excluding hydrogens is 162 g/mol. The second kappa shape index (κ2) is 2.29. The molecule has 2 aliphatic carbocycles. The highest BCUT2D eigenvalue weighted by Gasteiger charge is 2.67. The Bertz CT molecular complexity index is 234. The molecule has 0 saturated heterocycles. The van der Waals surface area contributed by atoms with Gasteiger partial charge in [0.15, 0.2) is 0 Å². The summed E-state index contributed by atoms with van der Waals surface area (Å²) in [5.41, 5.74) is 5.33. The molecule has 0 amide bonds. The molecule has 2 nitrogen and oxygen atoms in total. The van der Waals surface area contributed by atoms with Gasteiger partial charge < -0.3 is 10.8 Å². The third-order valence-electron chi connectivity index (χ3n) is 5.31. The number of fused-ring (bicyclic) bond motifs is 2. The fourth-order valence-electron chi connectivity index (χ4n) is 3.65. The van der Waals surface area contributed by atoms with E-state index in [4.69, 9.17) is 5.73 Å². The van der Waals surface area contributed by atoms with E-state index in [0.29, 0.717) is 12.5 Å². The fourth-order valence-corrected chi connectivity index (χ4v) is 3.65. The highest BCUT2D eigenvalue weighted by Crippen LogP contribution is 2.67. The second-order valence-electron chi connectivity index (χ2n) is 5.72. The number of hydrogen-bond acceptors (Lipinski definition) is 2. The van der Waals surface area contributed by atoms with Gasteiger partial charge in [0.25, 0.3) is 0 Å². The Morgan fingerprint density at radius 3 is 2.31 bits per heavy atom. The fraction of sp³-hybridized carbons (Fsp3) is 1.00. The van der Waals surface area contributed by atoms with Crippen molar-refractivity contribution in [3.05, 3.63) is 0 Å². The molecule has 2 rings (SSSR count). The number of rotatable bonds is 1.